The van der Waals surface area contributed by atoms with E-state index in [0.29, 0.717) is 44.9 Å². The summed E-state index contributed by atoms with van der Waals surface area (Å²) in [5, 5.41) is 3.49. The van der Waals surface area contributed by atoms with Gasteiger partial charge in [-0.05, 0) is 66.1 Å². The number of hydrogen-bond donors (Lipinski definition) is 0. The largest absolute Gasteiger partial charge is 0.489 e. The molecular weight excluding hydrogens is 644 g/mol. The fourth-order valence-corrected chi connectivity index (χ4v) is 7.38. The summed E-state index contributed by atoms with van der Waals surface area (Å²) in [7, 11) is 1.80. The number of fused-ring (bicyclic) bond motifs is 1. The molecule has 2 atom stereocenters. The van der Waals surface area contributed by atoms with Gasteiger partial charge < -0.3 is 14.5 Å². The first-order valence-corrected chi connectivity index (χ1v) is 17.3. The monoisotopic (exact) mass is 686 g/mol. The van der Waals surface area contributed by atoms with Crippen LogP contribution < -0.4 is 4.74 Å². The van der Waals surface area contributed by atoms with Crippen molar-refractivity contribution in [3.05, 3.63) is 100 Å². The molecule has 3 aromatic carbocycles. The van der Waals surface area contributed by atoms with Gasteiger partial charge >= 0.3 is 0 Å². The summed E-state index contributed by atoms with van der Waals surface area (Å²) in [4.78, 5) is 45.4. The third kappa shape index (κ3) is 7.64. The van der Waals surface area contributed by atoms with Crippen LogP contribution in [0.5, 0.6) is 5.75 Å². The van der Waals surface area contributed by atoms with Crippen LogP contribution in [-0.4, -0.2) is 76.4 Å². The van der Waals surface area contributed by atoms with E-state index in [2.05, 4.69) is 15.9 Å². The maximum absolute atomic E-state index is 14.2. The third-order valence-corrected chi connectivity index (χ3v) is 10.1. The minimum absolute atomic E-state index is 0.0219. The van der Waals surface area contributed by atoms with Crippen molar-refractivity contribution in [3.63, 3.8) is 0 Å². The Morgan fingerprint density at radius 2 is 1.57 bits per heavy atom. The minimum atomic E-state index is -0.679. The summed E-state index contributed by atoms with van der Waals surface area (Å²) >= 11 is 3.48. The number of aryl methyl sites for hydroxylation is 1. The van der Waals surface area contributed by atoms with Gasteiger partial charge in [-0.25, -0.2) is 5.01 Å². The van der Waals surface area contributed by atoms with Crippen molar-refractivity contribution in [1.29, 1.82) is 0 Å². The Morgan fingerprint density at radius 3 is 2.28 bits per heavy atom. The van der Waals surface area contributed by atoms with Crippen LogP contribution in [0.25, 0.3) is 0 Å². The normalized spacial score (nSPS) is 21.0. The van der Waals surface area contributed by atoms with Crippen molar-refractivity contribution >= 4 is 33.7 Å². The zero-order valence-electron chi connectivity index (χ0n) is 26.5. The molecule has 0 bridgehead atoms. The highest BCUT2D eigenvalue weighted by atomic mass is 79.9. The van der Waals surface area contributed by atoms with E-state index in [-0.39, 0.29) is 24.3 Å². The predicted octanol–water partition coefficient (Wildman–Crippen LogP) is 5.84. The smallest absolute Gasteiger partial charge is 0.245 e. The molecule has 0 unspecified atom stereocenters. The van der Waals surface area contributed by atoms with E-state index in [1.807, 2.05) is 83.8 Å². The summed E-state index contributed by atoms with van der Waals surface area (Å²) in [5.41, 5.74) is 3.12. The van der Waals surface area contributed by atoms with Crippen LogP contribution in [0.1, 0.15) is 55.2 Å². The van der Waals surface area contributed by atoms with Crippen molar-refractivity contribution in [2.45, 2.75) is 70.2 Å². The molecule has 242 valence electrons. The lowest BCUT2D eigenvalue weighted by molar-refractivity contribution is -0.203. The highest BCUT2D eigenvalue weighted by molar-refractivity contribution is 9.10. The van der Waals surface area contributed by atoms with Crippen LogP contribution in [0.2, 0.25) is 0 Å². The topological polar surface area (TPSA) is 73.4 Å². The number of carbonyl (C=O) groups is 3. The molecule has 9 heteroatoms. The summed E-state index contributed by atoms with van der Waals surface area (Å²) in [6, 6.07) is 25.1. The Morgan fingerprint density at radius 1 is 0.870 bits per heavy atom. The summed E-state index contributed by atoms with van der Waals surface area (Å²) in [5.74, 6) is 1.01. The molecule has 8 nitrogen and oxygen atoms in total. The molecule has 0 radical (unpaired) electrons. The van der Waals surface area contributed by atoms with Gasteiger partial charge in [-0.3, -0.25) is 19.4 Å². The molecule has 1 aliphatic carbocycles. The number of likely N-dealkylation sites (N-methyl/N-ethyl adjacent to an activating group) is 1. The quantitative estimate of drug-likeness (QED) is 0.268. The van der Waals surface area contributed by atoms with E-state index in [0.717, 1.165) is 39.8 Å². The van der Waals surface area contributed by atoms with E-state index < -0.39 is 12.2 Å². The highest BCUT2D eigenvalue weighted by Crippen LogP contribution is 2.31. The van der Waals surface area contributed by atoms with Crippen LogP contribution >= 0.6 is 15.9 Å². The number of benzene rings is 3. The number of ether oxygens (including phenoxy) is 1. The average Bonchev–Trinajstić information content (AvgIpc) is 3.07. The van der Waals surface area contributed by atoms with Gasteiger partial charge in [-0.15, -0.1) is 0 Å². The zero-order chi connectivity index (χ0) is 32.0. The first kappa shape index (κ1) is 32.3. The van der Waals surface area contributed by atoms with Gasteiger partial charge in [0, 0.05) is 30.9 Å². The fourth-order valence-electron chi connectivity index (χ4n) is 7.12. The van der Waals surface area contributed by atoms with Crippen LogP contribution in [-0.2, 0) is 33.8 Å². The van der Waals surface area contributed by atoms with E-state index >= 15 is 0 Å². The second-order valence-corrected chi connectivity index (χ2v) is 13.8. The molecule has 3 aromatic rings. The summed E-state index contributed by atoms with van der Waals surface area (Å²) in [6.07, 6.45) is 6.60. The number of hydrogen-bond acceptors (Lipinski definition) is 5. The van der Waals surface area contributed by atoms with E-state index in [4.69, 9.17) is 4.74 Å². The van der Waals surface area contributed by atoms with Crippen molar-refractivity contribution in [2.75, 3.05) is 26.7 Å². The first-order valence-electron chi connectivity index (χ1n) is 16.5. The Kier molecular flexibility index (Phi) is 10.4. The summed E-state index contributed by atoms with van der Waals surface area (Å²) in [6.45, 7) is 1.53. The molecule has 3 amide bonds. The minimum Gasteiger partial charge on any atom is -0.489 e. The molecular formula is C37H43BrN4O4. The molecule has 0 aromatic heterocycles. The van der Waals surface area contributed by atoms with E-state index in [9.17, 15) is 14.4 Å². The number of carbonyl (C=O) groups excluding carboxylic acids is 3. The molecule has 0 spiro atoms. The lowest BCUT2D eigenvalue weighted by atomic mass is 9.88. The average molecular weight is 688 g/mol. The Hall–Kier alpha value is -3.69. The Labute approximate surface area is 280 Å². The van der Waals surface area contributed by atoms with Gasteiger partial charge in [-0.1, -0.05) is 89.8 Å². The zero-order valence-corrected chi connectivity index (χ0v) is 28.1. The molecule has 1 saturated carbocycles. The molecule has 0 N–H and O–H groups in total. The number of amides is 3. The Bertz CT molecular complexity index is 1490. The van der Waals surface area contributed by atoms with Crippen LogP contribution in [0.3, 0.4) is 0 Å². The van der Waals surface area contributed by atoms with E-state index in [1.165, 1.54) is 19.3 Å². The first-order chi connectivity index (χ1) is 22.4. The SMILES string of the molecule is CN1CC(=O)N2[C@H](Cc3ccc(OCc4ccccc4)cc3)C(=O)N(CC3CCCCC3)C[C@H]2N1C(=O)CCc1ccc(Br)cc1. The number of hydrazine groups is 1. The van der Waals surface area contributed by atoms with Crippen molar-refractivity contribution in [1.82, 2.24) is 19.8 Å². The number of rotatable bonds is 10. The number of nitrogens with zero attached hydrogens (tertiary/aromatic N) is 4. The number of halogens is 1. The molecule has 3 aliphatic rings. The molecule has 3 fully saturated rings. The van der Waals surface area contributed by atoms with Gasteiger partial charge in [0.15, 0.2) is 0 Å². The Balaban J connectivity index is 1.21. The van der Waals surface area contributed by atoms with Crippen molar-refractivity contribution in [2.24, 2.45) is 5.92 Å². The number of piperazine rings is 1. The van der Waals surface area contributed by atoms with Crippen molar-refractivity contribution < 1.29 is 19.1 Å². The summed E-state index contributed by atoms with van der Waals surface area (Å²) < 4.78 is 6.98. The lowest BCUT2D eigenvalue weighted by Gasteiger charge is -2.55. The third-order valence-electron chi connectivity index (χ3n) is 9.54. The van der Waals surface area contributed by atoms with Crippen LogP contribution in [0, 0.1) is 5.92 Å². The molecule has 46 heavy (non-hydrogen) atoms. The molecule has 2 heterocycles. The molecule has 2 saturated heterocycles. The van der Waals surface area contributed by atoms with Gasteiger partial charge in [0.25, 0.3) is 0 Å². The maximum atomic E-state index is 14.2. The van der Waals surface area contributed by atoms with Gasteiger partial charge in [0.2, 0.25) is 17.7 Å². The molecule has 6 rings (SSSR count). The van der Waals surface area contributed by atoms with Crippen LogP contribution in [0.15, 0.2) is 83.3 Å². The van der Waals surface area contributed by atoms with Crippen molar-refractivity contribution in [3.8, 4) is 5.75 Å². The second kappa shape index (κ2) is 14.8. The van der Waals surface area contributed by atoms with Gasteiger partial charge in [0.1, 0.15) is 24.6 Å². The maximum Gasteiger partial charge on any atom is 0.245 e. The standard InChI is InChI=1S/C37H43BrN4O4/c1-39-25-36(44)41-33(22-28-14-19-32(20-15-28)46-26-30-10-6-3-7-11-30)37(45)40(23-29-8-4-2-5-9-29)24-34(41)42(39)35(43)21-16-27-12-17-31(38)18-13-27/h3,6-7,10-15,17-20,29,33-34H,2,4-5,8-9,16,21-26H2,1H3/t33-,34-/m1/s1. The van der Waals surface area contributed by atoms with E-state index in [1.54, 1.807) is 22.0 Å². The lowest BCUT2D eigenvalue weighted by Crippen LogP contribution is -2.75. The predicted molar refractivity (Wildman–Crippen MR) is 180 cm³/mol. The van der Waals surface area contributed by atoms with Gasteiger partial charge in [0.05, 0.1) is 13.1 Å². The molecule has 2 aliphatic heterocycles. The van der Waals surface area contributed by atoms with Gasteiger partial charge in [-0.2, -0.15) is 0 Å². The fraction of sp³-hybridized carbons (Fsp3) is 0.432. The second-order valence-electron chi connectivity index (χ2n) is 12.8. The van der Waals surface area contributed by atoms with Crippen LogP contribution in [0.4, 0.5) is 0 Å². The highest BCUT2D eigenvalue weighted by Gasteiger charge is 2.50.